The molecule has 2 aromatic heterocycles. The quantitative estimate of drug-likeness (QED) is 0.740. The molecule has 2 aromatic rings. The van der Waals surface area contributed by atoms with Gasteiger partial charge in [0, 0.05) is 5.69 Å². The maximum atomic E-state index is 12.6. The van der Waals surface area contributed by atoms with E-state index >= 15 is 0 Å². The first kappa shape index (κ1) is 11.3. The summed E-state index contributed by atoms with van der Waals surface area (Å²) in [5, 5.41) is 8.64. The second kappa shape index (κ2) is 3.38. The molecule has 2 rings (SSSR count). The largest absolute Gasteiger partial charge is 0.432 e. The normalized spacial score (nSPS) is 11.7. The van der Waals surface area contributed by atoms with Crippen molar-refractivity contribution >= 4 is 11.0 Å². The first-order valence-electron chi connectivity index (χ1n) is 4.57. The highest BCUT2D eigenvalue weighted by atomic mass is 19.4. The van der Waals surface area contributed by atoms with Crippen molar-refractivity contribution < 1.29 is 13.2 Å². The topological polar surface area (TPSA) is 72.4 Å². The second-order valence-corrected chi connectivity index (χ2v) is 3.55. The zero-order valence-corrected chi connectivity index (χ0v) is 8.57. The maximum absolute atomic E-state index is 12.6. The van der Waals surface area contributed by atoms with Gasteiger partial charge in [-0.3, -0.25) is 4.79 Å². The van der Waals surface area contributed by atoms with Gasteiger partial charge in [-0.25, -0.2) is 0 Å². The molecule has 2 heterocycles. The number of alkyl halides is 3. The van der Waals surface area contributed by atoms with Crippen LogP contribution >= 0.6 is 0 Å². The lowest BCUT2D eigenvalue weighted by atomic mass is 10.1. The fourth-order valence-corrected chi connectivity index (χ4v) is 1.62. The van der Waals surface area contributed by atoms with Crippen molar-refractivity contribution in [3.8, 4) is 6.07 Å². The van der Waals surface area contributed by atoms with E-state index < -0.39 is 22.9 Å². The molecule has 17 heavy (non-hydrogen) atoms. The van der Waals surface area contributed by atoms with Gasteiger partial charge in [-0.1, -0.05) is 0 Å². The first-order chi connectivity index (χ1) is 7.84. The number of aromatic amines is 2. The predicted molar refractivity (Wildman–Crippen MR) is 53.4 cm³/mol. The van der Waals surface area contributed by atoms with Crippen molar-refractivity contribution in [1.82, 2.24) is 9.97 Å². The number of aromatic nitrogens is 2. The lowest BCUT2D eigenvalue weighted by Gasteiger charge is -2.08. The summed E-state index contributed by atoms with van der Waals surface area (Å²) in [6.45, 7) is 1.60. The number of aryl methyl sites for hydroxylation is 1. The predicted octanol–water partition coefficient (Wildman–Crippen LogP) is 2.06. The van der Waals surface area contributed by atoms with E-state index in [9.17, 15) is 18.0 Å². The Hall–Kier alpha value is -2.23. The van der Waals surface area contributed by atoms with Gasteiger partial charge in [-0.15, -0.1) is 0 Å². The minimum absolute atomic E-state index is 0.0212. The molecule has 0 amide bonds. The molecule has 7 heteroatoms. The molecule has 2 N–H and O–H groups in total. The molecule has 0 unspecified atom stereocenters. The third-order valence-electron chi connectivity index (χ3n) is 2.31. The van der Waals surface area contributed by atoms with Crippen LogP contribution in [0.2, 0.25) is 0 Å². The molecule has 88 valence electrons. The van der Waals surface area contributed by atoms with Gasteiger partial charge in [0.15, 0.2) is 0 Å². The summed E-state index contributed by atoms with van der Waals surface area (Å²) in [6.07, 6.45) is -4.76. The Labute approximate surface area is 92.7 Å². The number of pyridine rings is 1. The number of H-pyrrole nitrogens is 2. The Balaban J connectivity index is 2.96. The van der Waals surface area contributed by atoms with Crippen molar-refractivity contribution in [2.75, 3.05) is 0 Å². The van der Waals surface area contributed by atoms with E-state index in [1.165, 1.54) is 12.1 Å². The van der Waals surface area contributed by atoms with Gasteiger partial charge in [0.1, 0.15) is 22.8 Å². The molecular formula is C10H6F3N3O. The third kappa shape index (κ3) is 1.67. The summed E-state index contributed by atoms with van der Waals surface area (Å²) in [4.78, 5) is 16.4. The molecule has 0 saturated heterocycles. The van der Waals surface area contributed by atoms with Crippen LogP contribution in [0, 0.1) is 18.3 Å². The van der Waals surface area contributed by atoms with Gasteiger partial charge in [0.25, 0.3) is 0 Å². The smallest absolute Gasteiger partial charge is 0.354 e. The van der Waals surface area contributed by atoms with E-state index in [1.54, 1.807) is 6.92 Å². The second-order valence-electron chi connectivity index (χ2n) is 3.55. The SMILES string of the molecule is Cc1cc2[nH]c(C(F)(F)F)c(C#N)c(=O)c2[nH]1. The zero-order chi connectivity index (χ0) is 12.8. The molecule has 0 saturated carbocycles. The lowest BCUT2D eigenvalue weighted by molar-refractivity contribution is -0.141. The van der Waals surface area contributed by atoms with Crippen molar-refractivity contribution in [3.05, 3.63) is 33.2 Å². The Morgan fingerprint density at radius 2 is 2.00 bits per heavy atom. The summed E-state index contributed by atoms with van der Waals surface area (Å²) in [6, 6.07) is 2.67. The van der Waals surface area contributed by atoms with Crippen LogP contribution in [0.25, 0.3) is 11.0 Å². The molecule has 0 radical (unpaired) electrons. The minimum atomic E-state index is -4.76. The molecule has 0 aliphatic heterocycles. The fraction of sp³-hybridized carbons (Fsp3) is 0.200. The first-order valence-corrected chi connectivity index (χ1v) is 4.57. The monoisotopic (exact) mass is 241 g/mol. The lowest BCUT2D eigenvalue weighted by Crippen LogP contribution is -2.19. The van der Waals surface area contributed by atoms with Crippen LogP contribution in [-0.2, 0) is 6.18 Å². The fourth-order valence-electron chi connectivity index (χ4n) is 1.62. The molecule has 0 aliphatic rings. The molecule has 0 aliphatic carbocycles. The molecular weight excluding hydrogens is 235 g/mol. The van der Waals surface area contributed by atoms with Gasteiger partial charge >= 0.3 is 6.18 Å². The summed E-state index contributed by atoms with van der Waals surface area (Å²) in [5.74, 6) is 0. The Morgan fingerprint density at radius 3 is 2.53 bits per heavy atom. The van der Waals surface area contributed by atoms with Crippen LogP contribution < -0.4 is 5.43 Å². The van der Waals surface area contributed by atoms with Crippen molar-refractivity contribution in [2.24, 2.45) is 0 Å². The minimum Gasteiger partial charge on any atom is -0.354 e. The molecule has 0 bridgehead atoms. The number of hydrogen-bond donors (Lipinski definition) is 2. The summed E-state index contributed by atoms with van der Waals surface area (Å²) in [5.41, 5.74) is -2.62. The van der Waals surface area contributed by atoms with E-state index in [0.29, 0.717) is 5.69 Å². The Morgan fingerprint density at radius 1 is 1.35 bits per heavy atom. The van der Waals surface area contributed by atoms with Gasteiger partial charge in [0.2, 0.25) is 5.43 Å². The van der Waals surface area contributed by atoms with E-state index in [-0.39, 0.29) is 11.0 Å². The summed E-state index contributed by atoms with van der Waals surface area (Å²) < 4.78 is 37.9. The van der Waals surface area contributed by atoms with Crippen LogP contribution in [0.1, 0.15) is 17.0 Å². The van der Waals surface area contributed by atoms with Gasteiger partial charge in [0.05, 0.1) is 5.52 Å². The Kier molecular flexibility index (Phi) is 2.24. The van der Waals surface area contributed by atoms with E-state index in [2.05, 4.69) is 9.97 Å². The van der Waals surface area contributed by atoms with Gasteiger partial charge in [-0.05, 0) is 13.0 Å². The van der Waals surface area contributed by atoms with Crippen LogP contribution in [-0.4, -0.2) is 9.97 Å². The highest BCUT2D eigenvalue weighted by molar-refractivity contribution is 5.77. The number of fused-ring (bicyclic) bond motifs is 1. The number of rotatable bonds is 0. The number of hydrogen-bond acceptors (Lipinski definition) is 2. The highest BCUT2D eigenvalue weighted by Gasteiger charge is 2.36. The summed E-state index contributed by atoms with van der Waals surface area (Å²) >= 11 is 0. The maximum Gasteiger partial charge on any atom is 0.432 e. The zero-order valence-electron chi connectivity index (χ0n) is 8.57. The summed E-state index contributed by atoms with van der Waals surface area (Å²) in [7, 11) is 0. The van der Waals surface area contributed by atoms with Crippen molar-refractivity contribution in [1.29, 1.82) is 5.26 Å². The average Bonchev–Trinajstić information content (AvgIpc) is 2.57. The average molecular weight is 241 g/mol. The standard InChI is InChI=1S/C10H6F3N3O/c1-4-2-6-7(15-4)8(17)5(3-14)9(16-6)10(11,12)13/h2,15H,1H3,(H,16,17). The van der Waals surface area contributed by atoms with E-state index in [0.717, 1.165) is 0 Å². The van der Waals surface area contributed by atoms with Crippen LogP contribution in [0.5, 0.6) is 0 Å². The van der Waals surface area contributed by atoms with Gasteiger partial charge < -0.3 is 9.97 Å². The number of nitriles is 1. The molecule has 0 spiro atoms. The molecule has 4 nitrogen and oxygen atoms in total. The van der Waals surface area contributed by atoms with Crippen molar-refractivity contribution in [3.63, 3.8) is 0 Å². The van der Waals surface area contributed by atoms with E-state index in [1.807, 2.05) is 0 Å². The third-order valence-corrected chi connectivity index (χ3v) is 2.31. The molecule has 0 atom stereocenters. The Bertz CT molecular complexity index is 688. The number of halogens is 3. The molecule has 0 fully saturated rings. The van der Waals surface area contributed by atoms with Crippen LogP contribution in [0.3, 0.4) is 0 Å². The number of nitrogens with zero attached hydrogens (tertiary/aromatic N) is 1. The molecule has 0 aromatic carbocycles. The number of nitrogens with one attached hydrogen (secondary N) is 2. The van der Waals surface area contributed by atoms with Crippen molar-refractivity contribution in [2.45, 2.75) is 13.1 Å². The van der Waals surface area contributed by atoms with Gasteiger partial charge in [-0.2, -0.15) is 18.4 Å². The highest BCUT2D eigenvalue weighted by Crippen LogP contribution is 2.30. The van der Waals surface area contributed by atoms with Crippen LogP contribution in [0.15, 0.2) is 10.9 Å². The van der Waals surface area contributed by atoms with Crippen LogP contribution in [0.4, 0.5) is 13.2 Å². The van der Waals surface area contributed by atoms with E-state index in [4.69, 9.17) is 5.26 Å².